The standard InChI is InChI=1S/C21H27N3O2/c1-15(2)23-19(25)14-22-20(26)21(4,17-8-6-5-7-9-17)24-18-12-10-16(3)11-13-18/h5-13,15,24H,14H2,1-4H3,(H,22,26)(H,23,25)/t21-/m0/s1. The smallest absolute Gasteiger partial charge is 0.250 e. The lowest BCUT2D eigenvalue weighted by molar-refractivity contribution is -0.129. The van der Waals surface area contributed by atoms with Gasteiger partial charge < -0.3 is 16.0 Å². The Labute approximate surface area is 155 Å². The maximum absolute atomic E-state index is 13.0. The molecular weight excluding hydrogens is 326 g/mol. The first-order valence-corrected chi connectivity index (χ1v) is 8.79. The Morgan fingerprint density at radius 1 is 1.00 bits per heavy atom. The third-order valence-corrected chi connectivity index (χ3v) is 4.11. The van der Waals surface area contributed by atoms with E-state index >= 15 is 0 Å². The maximum Gasteiger partial charge on any atom is 0.250 e. The SMILES string of the molecule is Cc1ccc(N[C@](C)(C(=O)NCC(=O)NC(C)C)c2ccccc2)cc1. The minimum absolute atomic E-state index is 0.0330. The van der Waals surface area contributed by atoms with Crippen molar-refractivity contribution in [1.82, 2.24) is 10.6 Å². The number of anilines is 1. The minimum atomic E-state index is -1.01. The van der Waals surface area contributed by atoms with Gasteiger partial charge in [-0.25, -0.2) is 0 Å². The number of rotatable bonds is 7. The third-order valence-electron chi connectivity index (χ3n) is 4.11. The summed E-state index contributed by atoms with van der Waals surface area (Å²) in [6.45, 7) is 7.53. The summed E-state index contributed by atoms with van der Waals surface area (Å²) < 4.78 is 0. The molecule has 0 aromatic heterocycles. The highest BCUT2D eigenvalue weighted by atomic mass is 16.2. The van der Waals surface area contributed by atoms with Crippen LogP contribution in [0.2, 0.25) is 0 Å². The van der Waals surface area contributed by atoms with Crippen LogP contribution in [0.25, 0.3) is 0 Å². The fourth-order valence-electron chi connectivity index (χ4n) is 2.67. The van der Waals surface area contributed by atoms with Crippen molar-refractivity contribution in [3.8, 4) is 0 Å². The lowest BCUT2D eigenvalue weighted by Gasteiger charge is -2.31. The molecule has 0 aliphatic rings. The summed E-state index contributed by atoms with van der Waals surface area (Å²) in [5.74, 6) is -0.470. The van der Waals surface area contributed by atoms with E-state index in [1.54, 1.807) is 0 Å². The van der Waals surface area contributed by atoms with Gasteiger partial charge in [-0.1, -0.05) is 48.0 Å². The molecule has 2 aromatic rings. The second-order valence-corrected chi connectivity index (χ2v) is 6.89. The quantitative estimate of drug-likeness (QED) is 0.717. The summed E-state index contributed by atoms with van der Waals surface area (Å²) >= 11 is 0. The highest BCUT2D eigenvalue weighted by Gasteiger charge is 2.35. The molecule has 0 spiro atoms. The highest BCUT2D eigenvalue weighted by molar-refractivity contribution is 5.93. The number of hydrogen-bond acceptors (Lipinski definition) is 3. The average molecular weight is 353 g/mol. The average Bonchev–Trinajstić information content (AvgIpc) is 2.61. The Morgan fingerprint density at radius 2 is 1.62 bits per heavy atom. The molecule has 138 valence electrons. The molecule has 5 nitrogen and oxygen atoms in total. The van der Waals surface area contributed by atoms with E-state index in [2.05, 4.69) is 16.0 Å². The maximum atomic E-state index is 13.0. The zero-order valence-electron chi connectivity index (χ0n) is 15.8. The number of carbonyl (C=O) groups is 2. The Bertz CT molecular complexity index is 742. The van der Waals surface area contributed by atoms with Crippen LogP contribution in [0, 0.1) is 6.92 Å². The third kappa shape index (κ3) is 5.09. The molecule has 1 atom stereocenters. The molecule has 0 saturated heterocycles. The van der Waals surface area contributed by atoms with Crippen LogP contribution in [0.4, 0.5) is 5.69 Å². The van der Waals surface area contributed by atoms with Gasteiger partial charge in [-0.2, -0.15) is 0 Å². The van der Waals surface area contributed by atoms with Crippen LogP contribution in [0.1, 0.15) is 31.9 Å². The monoisotopic (exact) mass is 353 g/mol. The second-order valence-electron chi connectivity index (χ2n) is 6.89. The molecule has 0 unspecified atom stereocenters. The Morgan fingerprint density at radius 3 is 2.19 bits per heavy atom. The summed E-state index contributed by atoms with van der Waals surface area (Å²) in [7, 11) is 0. The van der Waals surface area contributed by atoms with Crippen molar-refractivity contribution in [1.29, 1.82) is 0 Å². The molecule has 0 bridgehead atoms. The van der Waals surface area contributed by atoms with E-state index in [1.165, 1.54) is 0 Å². The van der Waals surface area contributed by atoms with Crippen molar-refractivity contribution >= 4 is 17.5 Å². The molecule has 5 heteroatoms. The van der Waals surface area contributed by atoms with Crippen molar-refractivity contribution in [2.75, 3.05) is 11.9 Å². The van der Waals surface area contributed by atoms with Crippen LogP contribution in [-0.4, -0.2) is 24.4 Å². The molecule has 2 rings (SSSR count). The van der Waals surface area contributed by atoms with E-state index in [0.717, 1.165) is 16.8 Å². The van der Waals surface area contributed by atoms with Gasteiger partial charge in [-0.05, 0) is 45.4 Å². The molecule has 0 saturated carbocycles. The molecular formula is C21H27N3O2. The molecule has 0 fully saturated rings. The molecule has 2 amide bonds. The van der Waals surface area contributed by atoms with Crippen molar-refractivity contribution in [3.63, 3.8) is 0 Å². The fourth-order valence-corrected chi connectivity index (χ4v) is 2.67. The van der Waals surface area contributed by atoms with E-state index in [9.17, 15) is 9.59 Å². The summed E-state index contributed by atoms with van der Waals surface area (Å²) in [4.78, 5) is 24.8. The van der Waals surface area contributed by atoms with Crippen LogP contribution in [0.15, 0.2) is 54.6 Å². The highest BCUT2D eigenvalue weighted by Crippen LogP contribution is 2.26. The Hall–Kier alpha value is -2.82. The summed E-state index contributed by atoms with van der Waals surface area (Å²) in [5.41, 5.74) is 1.80. The van der Waals surface area contributed by atoms with Crippen LogP contribution in [0.3, 0.4) is 0 Å². The Kier molecular flexibility index (Phi) is 6.39. The lowest BCUT2D eigenvalue weighted by Crippen LogP contribution is -2.50. The number of nitrogens with one attached hydrogen (secondary N) is 3. The van der Waals surface area contributed by atoms with Crippen molar-refractivity contribution < 1.29 is 9.59 Å². The van der Waals surface area contributed by atoms with Crippen LogP contribution < -0.4 is 16.0 Å². The molecule has 0 heterocycles. The van der Waals surface area contributed by atoms with Gasteiger partial charge in [0.1, 0.15) is 5.54 Å². The molecule has 0 radical (unpaired) electrons. The van der Waals surface area contributed by atoms with E-state index in [4.69, 9.17) is 0 Å². The second kappa shape index (κ2) is 8.52. The van der Waals surface area contributed by atoms with E-state index in [1.807, 2.05) is 82.3 Å². The van der Waals surface area contributed by atoms with Gasteiger partial charge in [0.15, 0.2) is 0 Å². The van der Waals surface area contributed by atoms with Gasteiger partial charge in [-0.3, -0.25) is 9.59 Å². The van der Waals surface area contributed by atoms with E-state index in [-0.39, 0.29) is 24.4 Å². The number of aryl methyl sites for hydroxylation is 1. The van der Waals surface area contributed by atoms with E-state index < -0.39 is 5.54 Å². The summed E-state index contributed by atoms with van der Waals surface area (Å²) in [5, 5.41) is 8.84. The molecule has 2 aromatic carbocycles. The zero-order valence-corrected chi connectivity index (χ0v) is 15.8. The predicted octanol–water partition coefficient (Wildman–Crippen LogP) is 2.96. The van der Waals surface area contributed by atoms with Crippen molar-refractivity contribution in [3.05, 3.63) is 65.7 Å². The van der Waals surface area contributed by atoms with Gasteiger partial charge in [0.2, 0.25) is 11.8 Å². The number of benzene rings is 2. The first-order valence-electron chi connectivity index (χ1n) is 8.79. The van der Waals surface area contributed by atoms with Crippen molar-refractivity contribution in [2.45, 2.75) is 39.3 Å². The van der Waals surface area contributed by atoms with Crippen LogP contribution in [0.5, 0.6) is 0 Å². The zero-order chi connectivity index (χ0) is 19.2. The number of carbonyl (C=O) groups excluding carboxylic acids is 2. The van der Waals surface area contributed by atoms with Gasteiger partial charge >= 0.3 is 0 Å². The summed E-state index contributed by atoms with van der Waals surface area (Å²) in [6.07, 6.45) is 0. The first kappa shape index (κ1) is 19.5. The molecule has 3 N–H and O–H groups in total. The largest absolute Gasteiger partial charge is 0.368 e. The lowest BCUT2D eigenvalue weighted by atomic mass is 9.90. The van der Waals surface area contributed by atoms with Crippen molar-refractivity contribution in [2.24, 2.45) is 0 Å². The normalized spacial score (nSPS) is 13.0. The number of hydrogen-bond donors (Lipinski definition) is 3. The predicted molar refractivity (Wildman–Crippen MR) is 105 cm³/mol. The van der Waals surface area contributed by atoms with Gasteiger partial charge in [0.25, 0.3) is 0 Å². The molecule has 26 heavy (non-hydrogen) atoms. The topological polar surface area (TPSA) is 70.2 Å². The number of amides is 2. The van der Waals surface area contributed by atoms with Crippen LogP contribution in [-0.2, 0) is 15.1 Å². The van der Waals surface area contributed by atoms with Gasteiger partial charge in [0.05, 0.1) is 6.54 Å². The van der Waals surface area contributed by atoms with Crippen LogP contribution >= 0.6 is 0 Å². The van der Waals surface area contributed by atoms with Gasteiger partial charge in [0, 0.05) is 11.7 Å². The Balaban J connectivity index is 2.21. The molecule has 0 aliphatic heterocycles. The molecule has 0 aliphatic carbocycles. The fraction of sp³-hybridized carbons (Fsp3) is 0.333. The summed E-state index contributed by atoms with van der Waals surface area (Å²) in [6, 6.07) is 17.4. The van der Waals surface area contributed by atoms with E-state index in [0.29, 0.717) is 0 Å². The first-order chi connectivity index (χ1) is 12.3. The van der Waals surface area contributed by atoms with Gasteiger partial charge in [-0.15, -0.1) is 0 Å². The minimum Gasteiger partial charge on any atom is -0.368 e.